The van der Waals surface area contributed by atoms with E-state index < -0.39 is 0 Å². The van der Waals surface area contributed by atoms with Crippen LogP contribution in [-0.4, -0.2) is 26.8 Å². The molecule has 1 aliphatic heterocycles. The van der Waals surface area contributed by atoms with Crippen molar-refractivity contribution < 1.29 is 4.74 Å². The smallest absolute Gasteiger partial charge is 0.0531 e. The fourth-order valence-electron chi connectivity index (χ4n) is 1.71. The Balaban J connectivity index is 2.27. The summed E-state index contributed by atoms with van der Waals surface area (Å²) >= 11 is 0. The van der Waals surface area contributed by atoms with Gasteiger partial charge in [0.25, 0.3) is 0 Å². The van der Waals surface area contributed by atoms with Crippen LogP contribution in [0.15, 0.2) is 11.6 Å². The van der Waals surface area contributed by atoms with Crippen LogP contribution >= 0.6 is 0 Å². The fourth-order valence-corrected chi connectivity index (χ4v) is 1.71. The zero-order valence-corrected chi connectivity index (χ0v) is 8.81. The van der Waals surface area contributed by atoms with E-state index >= 15 is 0 Å². The summed E-state index contributed by atoms with van der Waals surface area (Å²) in [6.07, 6.45) is 6.01. The molecule has 0 amide bonds. The Morgan fingerprint density at radius 2 is 2.46 bits per heavy atom. The Bertz CT molecular complexity index is 159. The van der Waals surface area contributed by atoms with Crippen molar-refractivity contribution in [2.75, 3.05) is 26.8 Å². The number of rotatable bonds is 4. The third-order valence-electron chi connectivity index (χ3n) is 2.66. The van der Waals surface area contributed by atoms with Gasteiger partial charge in [0.1, 0.15) is 0 Å². The monoisotopic (exact) mass is 183 g/mol. The van der Waals surface area contributed by atoms with Crippen molar-refractivity contribution in [2.24, 2.45) is 5.92 Å². The number of hydrogen-bond acceptors (Lipinski definition) is 2. The lowest BCUT2D eigenvalue weighted by atomic mass is 9.94. The molecule has 1 fully saturated rings. The SMILES string of the molecule is CNCC/C=C(/C)C1CCCOC1. The van der Waals surface area contributed by atoms with E-state index in [1.165, 1.54) is 18.4 Å². The number of hydrogen-bond donors (Lipinski definition) is 1. The molecule has 76 valence electrons. The maximum Gasteiger partial charge on any atom is 0.0531 e. The highest BCUT2D eigenvalue weighted by Gasteiger charge is 2.14. The minimum absolute atomic E-state index is 0.686. The molecular formula is C11H21NO. The van der Waals surface area contributed by atoms with Gasteiger partial charge in [-0.2, -0.15) is 0 Å². The molecule has 0 spiro atoms. The predicted molar refractivity (Wildman–Crippen MR) is 55.8 cm³/mol. The molecule has 0 aromatic heterocycles. The highest BCUT2D eigenvalue weighted by atomic mass is 16.5. The largest absolute Gasteiger partial charge is 0.381 e. The molecule has 0 aromatic carbocycles. The van der Waals surface area contributed by atoms with Gasteiger partial charge in [-0.3, -0.25) is 0 Å². The van der Waals surface area contributed by atoms with E-state index in [0.29, 0.717) is 5.92 Å². The van der Waals surface area contributed by atoms with E-state index in [4.69, 9.17) is 4.74 Å². The predicted octanol–water partition coefficient (Wildman–Crippen LogP) is 1.97. The van der Waals surface area contributed by atoms with Gasteiger partial charge in [-0.05, 0) is 39.8 Å². The molecule has 0 radical (unpaired) electrons. The summed E-state index contributed by atoms with van der Waals surface area (Å²) in [5.41, 5.74) is 1.51. The highest BCUT2D eigenvalue weighted by molar-refractivity contribution is 5.04. The summed E-state index contributed by atoms with van der Waals surface area (Å²) in [6, 6.07) is 0. The summed E-state index contributed by atoms with van der Waals surface area (Å²) in [7, 11) is 1.99. The topological polar surface area (TPSA) is 21.3 Å². The van der Waals surface area contributed by atoms with E-state index in [9.17, 15) is 0 Å². The summed E-state index contributed by atoms with van der Waals surface area (Å²) in [5.74, 6) is 0.686. The van der Waals surface area contributed by atoms with Gasteiger partial charge in [0.15, 0.2) is 0 Å². The molecule has 0 aliphatic carbocycles. The van der Waals surface area contributed by atoms with Crippen molar-refractivity contribution in [3.8, 4) is 0 Å². The van der Waals surface area contributed by atoms with Crippen LogP contribution in [0.1, 0.15) is 26.2 Å². The molecule has 2 heteroatoms. The normalized spacial score (nSPS) is 24.8. The summed E-state index contributed by atoms with van der Waals surface area (Å²) in [6.45, 7) is 5.20. The van der Waals surface area contributed by atoms with Crippen molar-refractivity contribution in [1.82, 2.24) is 5.32 Å². The maximum atomic E-state index is 5.45. The summed E-state index contributed by atoms with van der Waals surface area (Å²) in [4.78, 5) is 0. The average Bonchev–Trinajstić information content (AvgIpc) is 2.19. The minimum Gasteiger partial charge on any atom is -0.381 e. The van der Waals surface area contributed by atoms with Crippen molar-refractivity contribution in [3.63, 3.8) is 0 Å². The molecule has 1 rings (SSSR count). The second-order valence-corrected chi connectivity index (χ2v) is 3.75. The van der Waals surface area contributed by atoms with E-state index in [2.05, 4.69) is 18.3 Å². The first-order valence-electron chi connectivity index (χ1n) is 5.23. The fraction of sp³-hybridized carbons (Fsp3) is 0.818. The Morgan fingerprint density at radius 3 is 3.08 bits per heavy atom. The van der Waals surface area contributed by atoms with E-state index in [1.54, 1.807) is 0 Å². The van der Waals surface area contributed by atoms with Gasteiger partial charge in [0.05, 0.1) is 6.61 Å². The van der Waals surface area contributed by atoms with Crippen molar-refractivity contribution in [3.05, 3.63) is 11.6 Å². The standard InChI is InChI=1S/C11H21NO/c1-10(5-3-7-12-2)11-6-4-8-13-9-11/h5,11-12H,3-4,6-9H2,1-2H3/b10-5-. The first-order valence-corrected chi connectivity index (χ1v) is 5.23. The minimum atomic E-state index is 0.686. The van der Waals surface area contributed by atoms with Gasteiger partial charge < -0.3 is 10.1 Å². The first-order chi connectivity index (χ1) is 6.34. The second-order valence-electron chi connectivity index (χ2n) is 3.75. The Labute approximate surface area is 81.4 Å². The van der Waals surface area contributed by atoms with Crippen LogP contribution in [0.2, 0.25) is 0 Å². The van der Waals surface area contributed by atoms with Gasteiger partial charge in [-0.15, -0.1) is 0 Å². The Kier molecular flexibility index (Phi) is 5.09. The van der Waals surface area contributed by atoms with Gasteiger partial charge in [-0.25, -0.2) is 0 Å². The molecule has 0 saturated carbocycles. The number of nitrogens with one attached hydrogen (secondary N) is 1. The van der Waals surface area contributed by atoms with Crippen LogP contribution in [0.25, 0.3) is 0 Å². The van der Waals surface area contributed by atoms with Crippen LogP contribution in [0.4, 0.5) is 0 Å². The molecule has 0 aromatic rings. The lowest BCUT2D eigenvalue weighted by molar-refractivity contribution is 0.0672. The molecule has 13 heavy (non-hydrogen) atoms. The van der Waals surface area contributed by atoms with Crippen molar-refractivity contribution in [2.45, 2.75) is 26.2 Å². The van der Waals surface area contributed by atoms with Crippen molar-refractivity contribution in [1.29, 1.82) is 0 Å². The van der Waals surface area contributed by atoms with Gasteiger partial charge in [0.2, 0.25) is 0 Å². The molecule has 1 aliphatic rings. The van der Waals surface area contributed by atoms with Gasteiger partial charge >= 0.3 is 0 Å². The molecule has 1 heterocycles. The Morgan fingerprint density at radius 1 is 1.62 bits per heavy atom. The summed E-state index contributed by atoms with van der Waals surface area (Å²) < 4.78 is 5.45. The molecule has 1 atom stereocenters. The van der Waals surface area contributed by atoms with E-state index in [1.807, 2.05) is 7.05 Å². The molecule has 1 unspecified atom stereocenters. The third-order valence-corrected chi connectivity index (χ3v) is 2.66. The highest BCUT2D eigenvalue weighted by Crippen LogP contribution is 2.21. The van der Waals surface area contributed by atoms with E-state index in [-0.39, 0.29) is 0 Å². The van der Waals surface area contributed by atoms with Crippen LogP contribution in [0.3, 0.4) is 0 Å². The summed E-state index contributed by atoms with van der Waals surface area (Å²) in [5, 5.41) is 3.15. The average molecular weight is 183 g/mol. The lowest BCUT2D eigenvalue weighted by Gasteiger charge is -2.22. The van der Waals surface area contributed by atoms with Crippen LogP contribution in [-0.2, 0) is 4.74 Å². The van der Waals surface area contributed by atoms with Crippen molar-refractivity contribution >= 4 is 0 Å². The zero-order valence-electron chi connectivity index (χ0n) is 8.81. The molecular weight excluding hydrogens is 162 g/mol. The van der Waals surface area contributed by atoms with Crippen LogP contribution in [0, 0.1) is 5.92 Å². The van der Waals surface area contributed by atoms with Gasteiger partial charge in [-0.1, -0.05) is 11.6 Å². The quantitative estimate of drug-likeness (QED) is 0.531. The second kappa shape index (κ2) is 6.17. The first kappa shape index (κ1) is 10.7. The third kappa shape index (κ3) is 3.92. The van der Waals surface area contributed by atoms with Crippen LogP contribution < -0.4 is 5.32 Å². The maximum absolute atomic E-state index is 5.45. The molecule has 2 nitrogen and oxygen atoms in total. The lowest BCUT2D eigenvalue weighted by Crippen LogP contribution is -2.18. The molecule has 1 saturated heterocycles. The van der Waals surface area contributed by atoms with Crippen LogP contribution in [0.5, 0.6) is 0 Å². The van der Waals surface area contributed by atoms with Gasteiger partial charge in [0, 0.05) is 12.5 Å². The molecule has 1 N–H and O–H groups in total. The molecule has 0 bridgehead atoms. The number of ether oxygens (including phenoxy) is 1. The van der Waals surface area contributed by atoms with E-state index in [0.717, 1.165) is 26.2 Å². The zero-order chi connectivity index (χ0) is 9.52. The Hall–Kier alpha value is -0.340.